The van der Waals surface area contributed by atoms with Crippen LogP contribution in [-0.2, 0) is 9.53 Å². The van der Waals surface area contributed by atoms with Crippen LogP contribution in [0.1, 0.15) is 30.4 Å². The first-order chi connectivity index (χ1) is 10.2. The van der Waals surface area contributed by atoms with Gasteiger partial charge in [0.05, 0.1) is 0 Å². The molecule has 21 heavy (non-hydrogen) atoms. The number of rotatable bonds is 4. The van der Waals surface area contributed by atoms with Crippen molar-refractivity contribution in [3.63, 3.8) is 0 Å². The molecule has 2 heteroatoms. The van der Waals surface area contributed by atoms with Crippen LogP contribution < -0.4 is 0 Å². The van der Waals surface area contributed by atoms with E-state index in [0.717, 1.165) is 17.7 Å². The van der Waals surface area contributed by atoms with Crippen LogP contribution in [0.3, 0.4) is 0 Å². The molecule has 1 aliphatic rings. The standard InChI is InChI=1S/C19H18O2/c1-14(20)21-19(12-15-8-4-2-5-9-15)18-13-17(18)16-10-6-3-7-11-16/h2-12,17-18H,13H2,1H3/b19-12+. The number of allylic oxidation sites excluding steroid dienone is 1. The third-order valence-corrected chi connectivity index (χ3v) is 3.75. The lowest BCUT2D eigenvalue weighted by Crippen LogP contribution is -2.01. The Morgan fingerprint density at radius 1 is 1.05 bits per heavy atom. The lowest BCUT2D eigenvalue weighted by Gasteiger charge is -2.07. The monoisotopic (exact) mass is 278 g/mol. The van der Waals surface area contributed by atoms with Crippen LogP contribution in [0.15, 0.2) is 66.4 Å². The van der Waals surface area contributed by atoms with Crippen LogP contribution in [0.25, 0.3) is 6.08 Å². The molecule has 2 unspecified atom stereocenters. The molecule has 3 rings (SSSR count). The Bertz CT molecular complexity index is 644. The summed E-state index contributed by atoms with van der Waals surface area (Å²) in [6, 6.07) is 20.4. The van der Waals surface area contributed by atoms with E-state index >= 15 is 0 Å². The lowest BCUT2D eigenvalue weighted by atomic mass is 10.1. The van der Waals surface area contributed by atoms with Gasteiger partial charge in [0, 0.05) is 12.8 Å². The van der Waals surface area contributed by atoms with Gasteiger partial charge >= 0.3 is 5.97 Å². The van der Waals surface area contributed by atoms with Crippen molar-refractivity contribution in [1.29, 1.82) is 0 Å². The Morgan fingerprint density at radius 2 is 1.67 bits per heavy atom. The largest absolute Gasteiger partial charge is 0.431 e. The first-order valence-corrected chi connectivity index (χ1v) is 7.24. The molecule has 0 heterocycles. The Kier molecular flexibility index (Phi) is 3.87. The molecule has 0 aromatic heterocycles. The minimum atomic E-state index is -0.254. The van der Waals surface area contributed by atoms with E-state index in [2.05, 4.69) is 24.3 Å². The summed E-state index contributed by atoms with van der Waals surface area (Å²) >= 11 is 0. The third-order valence-electron chi connectivity index (χ3n) is 3.75. The molecule has 0 radical (unpaired) electrons. The summed E-state index contributed by atoms with van der Waals surface area (Å²) in [5.41, 5.74) is 2.38. The first kappa shape index (κ1) is 13.6. The van der Waals surface area contributed by atoms with Gasteiger partial charge in [0.15, 0.2) is 0 Å². The predicted octanol–water partition coefficient (Wildman–Crippen LogP) is 4.39. The fourth-order valence-electron chi connectivity index (χ4n) is 2.67. The van der Waals surface area contributed by atoms with Crippen LogP contribution in [0.2, 0.25) is 0 Å². The van der Waals surface area contributed by atoms with E-state index in [1.165, 1.54) is 12.5 Å². The maximum Gasteiger partial charge on any atom is 0.307 e. The number of carbonyl (C=O) groups excluding carboxylic acids is 1. The smallest absolute Gasteiger partial charge is 0.307 e. The lowest BCUT2D eigenvalue weighted by molar-refractivity contribution is -0.137. The van der Waals surface area contributed by atoms with Crippen molar-refractivity contribution in [2.45, 2.75) is 19.3 Å². The van der Waals surface area contributed by atoms with Crippen molar-refractivity contribution in [3.05, 3.63) is 77.5 Å². The highest BCUT2D eigenvalue weighted by atomic mass is 16.5. The minimum Gasteiger partial charge on any atom is -0.431 e. The summed E-state index contributed by atoms with van der Waals surface area (Å²) in [5, 5.41) is 0. The van der Waals surface area contributed by atoms with Crippen molar-refractivity contribution >= 4 is 12.0 Å². The summed E-state index contributed by atoms with van der Waals surface area (Å²) in [5.74, 6) is 1.29. The Labute approximate surface area is 125 Å². The molecular formula is C19H18O2. The zero-order valence-corrected chi connectivity index (χ0v) is 12.0. The second-order valence-corrected chi connectivity index (χ2v) is 5.41. The van der Waals surface area contributed by atoms with Crippen molar-refractivity contribution in [1.82, 2.24) is 0 Å². The van der Waals surface area contributed by atoms with E-state index in [1.54, 1.807) is 0 Å². The van der Waals surface area contributed by atoms with E-state index in [4.69, 9.17) is 4.74 Å². The van der Waals surface area contributed by atoms with E-state index in [1.807, 2.05) is 42.5 Å². The van der Waals surface area contributed by atoms with Gasteiger partial charge in [0.2, 0.25) is 0 Å². The van der Waals surface area contributed by atoms with Gasteiger partial charge in [-0.2, -0.15) is 0 Å². The Morgan fingerprint density at radius 3 is 2.29 bits per heavy atom. The van der Waals surface area contributed by atoms with Crippen molar-refractivity contribution in [3.8, 4) is 0 Å². The molecule has 0 amide bonds. The van der Waals surface area contributed by atoms with Crippen LogP contribution in [-0.4, -0.2) is 5.97 Å². The molecule has 2 nitrogen and oxygen atoms in total. The number of hydrogen-bond donors (Lipinski definition) is 0. The van der Waals surface area contributed by atoms with Gasteiger partial charge in [-0.3, -0.25) is 4.79 Å². The molecule has 1 fully saturated rings. The zero-order valence-electron chi connectivity index (χ0n) is 12.0. The third kappa shape index (κ3) is 3.40. The van der Waals surface area contributed by atoms with Crippen molar-refractivity contribution < 1.29 is 9.53 Å². The van der Waals surface area contributed by atoms with E-state index < -0.39 is 0 Å². The summed E-state index contributed by atoms with van der Waals surface area (Å²) in [6.07, 6.45) is 3.02. The molecule has 0 saturated heterocycles. The second kappa shape index (κ2) is 5.96. The van der Waals surface area contributed by atoms with Crippen LogP contribution in [0.4, 0.5) is 0 Å². The van der Waals surface area contributed by atoms with Crippen molar-refractivity contribution in [2.75, 3.05) is 0 Å². The first-order valence-electron chi connectivity index (χ1n) is 7.24. The fourth-order valence-corrected chi connectivity index (χ4v) is 2.67. The van der Waals surface area contributed by atoms with E-state index in [-0.39, 0.29) is 5.97 Å². The highest BCUT2D eigenvalue weighted by molar-refractivity contribution is 5.69. The van der Waals surface area contributed by atoms with Crippen molar-refractivity contribution in [2.24, 2.45) is 5.92 Å². The average molecular weight is 278 g/mol. The SMILES string of the molecule is CC(=O)O/C(=C/c1ccccc1)C1CC1c1ccccc1. The predicted molar refractivity (Wildman–Crippen MR) is 83.5 cm³/mol. The molecule has 2 atom stereocenters. The summed E-state index contributed by atoms with van der Waals surface area (Å²) in [4.78, 5) is 11.4. The van der Waals surface area contributed by atoms with Gasteiger partial charge in [-0.15, -0.1) is 0 Å². The quantitative estimate of drug-likeness (QED) is 0.612. The zero-order chi connectivity index (χ0) is 14.7. The minimum absolute atomic E-state index is 0.254. The summed E-state index contributed by atoms with van der Waals surface area (Å²) in [6.45, 7) is 1.46. The maximum absolute atomic E-state index is 11.4. The Balaban J connectivity index is 1.82. The number of benzene rings is 2. The highest BCUT2D eigenvalue weighted by Crippen LogP contribution is 2.52. The molecule has 1 saturated carbocycles. The molecule has 2 aromatic rings. The van der Waals surface area contributed by atoms with Gasteiger partial charge in [-0.05, 0) is 29.5 Å². The maximum atomic E-state index is 11.4. The van der Waals surface area contributed by atoms with Crippen LogP contribution in [0.5, 0.6) is 0 Å². The molecule has 2 aromatic carbocycles. The second-order valence-electron chi connectivity index (χ2n) is 5.41. The highest BCUT2D eigenvalue weighted by Gasteiger charge is 2.42. The number of hydrogen-bond acceptors (Lipinski definition) is 2. The fraction of sp³-hybridized carbons (Fsp3) is 0.211. The topological polar surface area (TPSA) is 26.3 Å². The van der Waals surface area contributed by atoms with Gasteiger partial charge in [-0.1, -0.05) is 60.7 Å². The summed E-state index contributed by atoms with van der Waals surface area (Å²) < 4.78 is 5.45. The number of esters is 1. The molecule has 106 valence electrons. The number of carbonyl (C=O) groups is 1. The van der Waals surface area contributed by atoms with E-state index in [9.17, 15) is 4.79 Å². The molecular weight excluding hydrogens is 260 g/mol. The van der Waals surface area contributed by atoms with Gasteiger partial charge in [0.25, 0.3) is 0 Å². The van der Waals surface area contributed by atoms with E-state index in [0.29, 0.717) is 11.8 Å². The number of ether oxygens (including phenoxy) is 1. The molecule has 0 spiro atoms. The Hall–Kier alpha value is -2.35. The molecule has 0 bridgehead atoms. The average Bonchev–Trinajstić information content (AvgIpc) is 3.29. The van der Waals surface area contributed by atoms with Gasteiger partial charge in [0.1, 0.15) is 5.76 Å². The molecule has 0 N–H and O–H groups in total. The molecule has 1 aliphatic carbocycles. The van der Waals surface area contributed by atoms with Gasteiger partial charge in [-0.25, -0.2) is 0 Å². The normalized spacial score (nSPS) is 20.9. The van der Waals surface area contributed by atoms with Gasteiger partial charge < -0.3 is 4.74 Å². The van der Waals surface area contributed by atoms with Crippen LogP contribution in [0, 0.1) is 5.92 Å². The molecule has 0 aliphatic heterocycles. The van der Waals surface area contributed by atoms with Crippen LogP contribution >= 0.6 is 0 Å². The summed E-state index contributed by atoms with van der Waals surface area (Å²) in [7, 11) is 0.